The third kappa shape index (κ3) is 2.84. The molecule has 2 fully saturated rings. The zero-order valence-electron chi connectivity index (χ0n) is 10.8. The summed E-state index contributed by atoms with van der Waals surface area (Å²) in [6.07, 6.45) is -2.80. The predicted molar refractivity (Wildman–Crippen MR) is 61.6 cm³/mol. The van der Waals surface area contributed by atoms with Crippen LogP contribution in [-0.2, 0) is 32.6 Å². The first kappa shape index (κ1) is 14.9. The summed E-state index contributed by atoms with van der Waals surface area (Å²) in [7, 11) is -0.987. The van der Waals surface area contributed by atoms with E-state index in [4.69, 9.17) is 23.3 Å². The number of esters is 1. The van der Waals surface area contributed by atoms with Gasteiger partial charge in [0, 0.05) is 21.1 Å². The van der Waals surface area contributed by atoms with Crippen molar-refractivity contribution in [2.45, 2.75) is 37.2 Å². The summed E-state index contributed by atoms with van der Waals surface area (Å²) in [6.45, 7) is 1.10. The maximum Gasteiger partial charge on any atom is 0.361 e. The minimum Gasteiger partial charge on any atom is -0.463 e. The zero-order chi connectivity index (χ0) is 14.2. The average Bonchev–Trinajstić information content (AvgIpc) is 3.17. The fraction of sp³-hybridized carbons (Fsp3) is 0.900. The van der Waals surface area contributed by atoms with Crippen LogP contribution in [0.2, 0.25) is 0 Å². The fourth-order valence-electron chi connectivity index (χ4n) is 2.06. The molecular formula is C10H17O8P. The molecule has 0 saturated carbocycles. The van der Waals surface area contributed by atoms with Crippen LogP contribution in [0.5, 0.6) is 0 Å². The number of epoxide rings is 1. The Morgan fingerprint density at radius 3 is 2.42 bits per heavy atom. The van der Waals surface area contributed by atoms with Crippen molar-refractivity contribution in [2.75, 3.05) is 20.8 Å². The average molecular weight is 296 g/mol. The number of carbonyl (C=O) groups is 1. The topological polar surface area (TPSA) is 104 Å². The highest BCUT2D eigenvalue weighted by Gasteiger charge is 2.63. The first-order chi connectivity index (χ1) is 8.92. The Morgan fingerprint density at radius 1 is 1.26 bits per heavy atom. The van der Waals surface area contributed by atoms with Crippen LogP contribution in [0, 0.1) is 0 Å². The van der Waals surface area contributed by atoms with E-state index in [1.54, 1.807) is 0 Å². The first-order valence-corrected chi connectivity index (χ1v) is 7.37. The molecule has 0 aromatic heterocycles. The van der Waals surface area contributed by atoms with Gasteiger partial charge in [0.25, 0.3) is 0 Å². The van der Waals surface area contributed by atoms with Gasteiger partial charge in [0.2, 0.25) is 0 Å². The molecule has 0 radical (unpaired) electrons. The van der Waals surface area contributed by atoms with Crippen molar-refractivity contribution in [2.24, 2.45) is 0 Å². The van der Waals surface area contributed by atoms with Gasteiger partial charge in [-0.3, -0.25) is 9.36 Å². The van der Waals surface area contributed by atoms with Crippen LogP contribution in [0.4, 0.5) is 0 Å². The molecular weight excluding hydrogens is 279 g/mol. The van der Waals surface area contributed by atoms with Gasteiger partial charge in [0.1, 0.15) is 31.0 Å². The van der Waals surface area contributed by atoms with Crippen molar-refractivity contribution in [1.29, 1.82) is 0 Å². The van der Waals surface area contributed by atoms with Crippen molar-refractivity contribution < 1.29 is 37.7 Å². The van der Waals surface area contributed by atoms with Crippen LogP contribution in [0.1, 0.15) is 6.92 Å². The SMILES string of the molecule is COP(=O)(OC)[C@@H]1O[C@H](COC(C)=O)[C@@H](O)[C@H]2O[C@H]21. The quantitative estimate of drug-likeness (QED) is 0.426. The van der Waals surface area contributed by atoms with Crippen LogP contribution < -0.4 is 0 Å². The van der Waals surface area contributed by atoms with Gasteiger partial charge < -0.3 is 28.4 Å². The molecule has 2 heterocycles. The molecule has 5 atom stereocenters. The second-order valence-corrected chi connectivity index (χ2v) is 6.65. The summed E-state index contributed by atoms with van der Waals surface area (Å²) in [5.41, 5.74) is 0. The third-order valence-corrected chi connectivity index (χ3v) is 5.20. The van der Waals surface area contributed by atoms with Crippen LogP contribution in [0.25, 0.3) is 0 Å². The Bertz CT molecular complexity index is 391. The van der Waals surface area contributed by atoms with Crippen LogP contribution in [0.3, 0.4) is 0 Å². The maximum atomic E-state index is 12.3. The fourth-order valence-corrected chi connectivity index (χ4v) is 3.53. The van der Waals surface area contributed by atoms with E-state index in [0.29, 0.717) is 0 Å². The summed E-state index contributed by atoms with van der Waals surface area (Å²) >= 11 is 0. The van der Waals surface area contributed by atoms with Gasteiger partial charge in [-0.2, -0.15) is 0 Å². The molecule has 0 aromatic carbocycles. The molecule has 2 rings (SSSR count). The van der Waals surface area contributed by atoms with Crippen molar-refractivity contribution in [3.63, 3.8) is 0 Å². The lowest BCUT2D eigenvalue weighted by Gasteiger charge is -2.32. The Balaban J connectivity index is 2.07. The molecule has 1 N–H and O–H groups in total. The molecule has 8 nitrogen and oxygen atoms in total. The number of fused-ring (bicyclic) bond motifs is 1. The molecule has 2 saturated heterocycles. The Morgan fingerprint density at radius 2 is 1.89 bits per heavy atom. The van der Waals surface area contributed by atoms with Gasteiger partial charge in [0.15, 0.2) is 5.85 Å². The Labute approximate surface area is 110 Å². The van der Waals surface area contributed by atoms with Crippen molar-refractivity contribution >= 4 is 13.6 Å². The normalized spacial score (nSPS) is 37.6. The molecule has 9 heteroatoms. The lowest BCUT2D eigenvalue weighted by Crippen LogP contribution is -2.47. The second kappa shape index (κ2) is 5.47. The van der Waals surface area contributed by atoms with E-state index in [9.17, 15) is 14.5 Å². The van der Waals surface area contributed by atoms with E-state index in [1.807, 2.05) is 0 Å². The van der Waals surface area contributed by atoms with E-state index >= 15 is 0 Å². The molecule has 0 bridgehead atoms. The number of hydrogen-bond acceptors (Lipinski definition) is 8. The van der Waals surface area contributed by atoms with Crippen molar-refractivity contribution in [1.82, 2.24) is 0 Å². The predicted octanol–water partition coefficient (Wildman–Crippen LogP) is -0.111. The summed E-state index contributed by atoms with van der Waals surface area (Å²) in [4.78, 5) is 10.8. The molecule has 0 spiro atoms. The summed E-state index contributed by atoms with van der Waals surface area (Å²) in [6, 6.07) is 0. The van der Waals surface area contributed by atoms with Gasteiger partial charge >= 0.3 is 13.6 Å². The molecule has 0 amide bonds. The lowest BCUT2D eigenvalue weighted by molar-refractivity contribution is -0.153. The van der Waals surface area contributed by atoms with E-state index in [1.165, 1.54) is 21.1 Å². The van der Waals surface area contributed by atoms with Gasteiger partial charge in [-0.25, -0.2) is 0 Å². The molecule has 0 aliphatic carbocycles. The number of ether oxygens (including phenoxy) is 3. The molecule has 110 valence electrons. The van der Waals surface area contributed by atoms with Crippen molar-refractivity contribution in [3.05, 3.63) is 0 Å². The zero-order valence-corrected chi connectivity index (χ0v) is 11.7. The highest BCUT2D eigenvalue weighted by Crippen LogP contribution is 2.59. The monoisotopic (exact) mass is 296 g/mol. The standard InChI is InChI=1S/C10H17O8P/c1-5(11)16-4-6-7(12)8-9(18-8)10(17-6)19(13,14-2)15-3/h6-10,12H,4H2,1-3H3/t6-,7-,8-,9-,10+/m1/s1. The van der Waals surface area contributed by atoms with Gasteiger partial charge in [-0.05, 0) is 0 Å². The molecule has 2 aliphatic rings. The summed E-state index contributed by atoms with van der Waals surface area (Å²) in [5.74, 6) is -1.43. The number of hydrogen-bond donors (Lipinski definition) is 1. The highest BCUT2D eigenvalue weighted by atomic mass is 31.2. The lowest BCUT2D eigenvalue weighted by atomic mass is 10.1. The number of rotatable bonds is 5. The number of aliphatic hydroxyl groups excluding tert-OH is 1. The van der Waals surface area contributed by atoms with Gasteiger partial charge in [0.05, 0.1) is 0 Å². The minimum atomic E-state index is -3.48. The first-order valence-electron chi connectivity index (χ1n) is 5.76. The summed E-state index contributed by atoms with van der Waals surface area (Å²) in [5, 5.41) is 9.91. The molecule has 19 heavy (non-hydrogen) atoms. The van der Waals surface area contributed by atoms with Gasteiger partial charge in [-0.1, -0.05) is 0 Å². The molecule has 2 aliphatic heterocycles. The van der Waals surface area contributed by atoms with E-state index in [0.717, 1.165) is 0 Å². The highest BCUT2D eigenvalue weighted by molar-refractivity contribution is 7.54. The summed E-state index contributed by atoms with van der Waals surface area (Å²) < 4.78 is 37.6. The van der Waals surface area contributed by atoms with E-state index < -0.39 is 43.8 Å². The number of aliphatic hydroxyl groups is 1. The third-order valence-electron chi connectivity index (χ3n) is 3.15. The maximum absolute atomic E-state index is 12.3. The van der Waals surface area contributed by atoms with Crippen LogP contribution >= 0.6 is 7.60 Å². The Hall–Kier alpha value is -0.500. The molecule has 0 aromatic rings. The van der Waals surface area contributed by atoms with E-state index in [-0.39, 0.29) is 6.61 Å². The van der Waals surface area contributed by atoms with E-state index in [2.05, 4.69) is 0 Å². The van der Waals surface area contributed by atoms with Crippen LogP contribution in [0.15, 0.2) is 0 Å². The smallest absolute Gasteiger partial charge is 0.361 e. The minimum absolute atomic E-state index is 0.146. The number of carbonyl (C=O) groups excluding carboxylic acids is 1. The Kier molecular flexibility index (Phi) is 4.29. The largest absolute Gasteiger partial charge is 0.463 e. The van der Waals surface area contributed by atoms with Crippen LogP contribution in [-0.4, -0.2) is 62.2 Å². The van der Waals surface area contributed by atoms with Gasteiger partial charge in [-0.15, -0.1) is 0 Å². The second-order valence-electron chi connectivity index (χ2n) is 4.33. The van der Waals surface area contributed by atoms with Crippen molar-refractivity contribution in [3.8, 4) is 0 Å². The molecule has 0 unspecified atom stereocenters.